The second-order valence-electron chi connectivity index (χ2n) is 11.5. The van der Waals surface area contributed by atoms with Crippen LogP contribution in [0.15, 0.2) is 28.7 Å². The monoisotopic (exact) mass is 538 g/mol. The molecule has 5 atom stereocenters. The molecule has 10 nitrogen and oxygen atoms in total. The number of primary amides is 1. The number of nitrogens with one attached hydrogen (secondary N) is 1. The Labute approximate surface area is 229 Å². The Morgan fingerprint density at radius 3 is 2.44 bits per heavy atom. The number of hydrogen-bond donors (Lipinski definition) is 6. The van der Waals surface area contributed by atoms with Crippen molar-refractivity contribution in [1.82, 2.24) is 10.2 Å². The number of phenols is 1. The number of aromatic hydroxyl groups is 1. The molecule has 0 heterocycles. The number of carbonyl (C=O) groups is 2. The molecule has 1 amide bonds. The zero-order valence-electron chi connectivity index (χ0n) is 23.5. The molecule has 3 aliphatic carbocycles. The number of anilines is 1. The third-order valence-corrected chi connectivity index (χ3v) is 8.66. The molecule has 1 unspecified atom stereocenters. The van der Waals surface area contributed by atoms with Gasteiger partial charge in [-0.05, 0) is 13.3 Å². The summed E-state index contributed by atoms with van der Waals surface area (Å²) in [4.78, 5) is 29.8. The van der Waals surface area contributed by atoms with Crippen LogP contribution < -0.4 is 16.0 Å². The summed E-state index contributed by atoms with van der Waals surface area (Å²) >= 11 is 0. The van der Waals surface area contributed by atoms with Crippen molar-refractivity contribution < 1.29 is 30.0 Å². The number of phenolic OH excluding ortho intramolecular Hbond substituents is 1. The predicted octanol–water partition coefficient (Wildman–Crippen LogP) is 0.579. The fourth-order valence-electron chi connectivity index (χ4n) is 6.66. The van der Waals surface area contributed by atoms with E-state index in [1.807, 2.05) is 19.0 Å². The van der Waals surface area contributed by atoms with Gasteiger partial charge in [-0.1, -0.05) is 6.92 Å². The quantitative estimate of drug-likeness (QED) is 0.273. The summed E-state index contributed by atoms with van der Waals surface area (Å²) in [5.74, 6) is -4.04. The predicted molar refractivity (Wildman–Crippen MR) is 152 cm³/mol. The van der Waals surface area contributed by atoms with Crippen molar-refractivity contribution in [2.24, 2.45) is 17.6 Å². The second-order valence-corrected chi connectivity index (χ2v) is 11.5. The van der Waals surface area contributed by atoms with Crippen LogP contribution in [-0.2, 0) is 17.8 Å². The molecule has 7 N–H and O–H groups in total. The van der Waals surface area contributed by atoms with E-state index in [9.17, 15) is 30.0 Å². The molecule has 4 rings (SSSR count). The van der Waals surface area contributed by atoms with E-state index in [1.165, 1.54) is 0 Å². The number of nitrogens with two attached hydrogens (primary N) is 1. The van der Waals surface area contributed by atoms with Crippen LogP contribution in [0.25, 0.3) is 0 Å². The number of hydrogen-bond acceptors (Lipinski definition) is 9. The van der Waals surface area contributed by atoms with Gasteiger partial charge in [0.2, 0.25) is 0 Å². The average Bonchev–Trinajstić information content (AvgIpc) is 2.83. The Kier molecular flexibility index (Phi) is 7.48. The van der Waals surface area contributed by atoms with Gasteiger partial charge in [0.05, 0.1) is 0 Å². The fourth-order valence-corrected chi connectivity index (χ4v) is 6.66. The maximum absolute atomic E-state index is 14.0. The Morgan fingerprint density at radius 1 is 1.26 bits per heavy atom. The number of carbonyl (C=O) groups excluding carboxylic acids is 2. The summed E-state index contributed by atoms with van der Waals surface area (Å²) in [5.41, 5.74) is 5.13. The average molecular weight is 538 g/mol. The molecular weight excluding hydrogens is 499 g/mol. The number of nitrogens with zero attached hydrogens (tertiary/aromatic N) is 2. The topological polar surface area (TPSA) is 160 Å². The van der Waals surface area contributed by atoms with Gasteiger partial charge in [0.25, 0.3) is 0 Å². The minimum atomic E-state index is -2.20. The number of rotatable bonds is 7. The molecule has 0 aromatic heterocycles. The van der Waals surface area contributed by atoms with Gasteiger partial charge in [0.15, 0.2) is 0 Å². The van der Waals surface area contributed by atoms with Crippen LogP contribution in [-0.4, -0.2) is 95.8 Å². The summed E-state index contributed by atoms with van der Waals surface area (Å²) in [7, 11) is 11.0. The Balaban J connectivity index is 1.92. The first-order chi connectivity index (χ1) is 18.2. The SMILES string of the molecule is B=C1C(C(N)=O)=C(O)[C@@H](N(C)C)[C@@H]2C[C@@H]3Cc4c(c(O)cc(CNC(C)CC)c4N(C)C)C(=O)C3=C(O)[C@]12O. The van der Waals surface area contributed by atoms with Crippen molar-refractivity contribution in [3.8, 4) is 5.75 Å². The first-order valence-corrected chi connectivity index (χ1v) is 13.3. The first-order valence-electron chi connectivity index (χ1n) is 13.3. The molecule has 1 aromatic carbocycles. The Morgan fingerprint density at radius 2 is 1.90 bits per heavy atom. The number of aliphatic hydroxyl groups is 3. The number of likely N-dealkylation sites (N-methyl/N-ethyl adjacent to an activating group) is 1. The number of fused-ring (bicyclic) bond motifs is 3. The third-order valence-electron chi connectivity index (χ3n) is 8.66. The van der Waals surface area contributed by atoms with Gasteiger partial charge in [-0.3, -0.25) is 0 Å². The van der Waals surface area contributed by atoms with Crippen LogP contribution in [0.1, 0.15) is 48.2 Å². The van der Waals surface area contributed by atoms with Crippen molar-refractivity contribution in [2.45, 2.75) is 57.3 Å². The van der Waals surface area contributed by atoms with Crippen LogP contribution >= 0.6 is 0 Å². The molecule has 0 saturated heterocycles. The van der Waals surface area contributed by atoms with Gasteiger partial charge in [-0.25, -0.2) is 0 Å². The van der Waals surface area contributed by atoms with E-state index in [0.29, 0.717) is 18.5 Å². The summed E-state index contributed by atoms with van der Waals surface area (Å²) in [5, 5.41) is 49.1. The van der Waals surface area contributed by atoms with Gasteiger partial charge in [-0.15, -0.1) is 0 Å². The summed E-state index contributed by atoms with van der Waals surface area (Å²) < 4.78 is 0. The number of Topliss-reactive ketones (excluding diaryl/α,β-unsaturated/α-hetero) is 1. The van der Waals surface area contributed by atoms with E-state index in [2.05, 4.69) is 26.7 Å². The molecule has 1 aromatic rings. The molecule has 210 valence electrons. The van der Waals surface area contributed by atoms with E-state index in [-0.39, 0.29) is 46.1 Å². The van der Waals surface area contributed by atoms with Gasteiger partial charge >= 0.3 is 209 Å². The maximum atomic E-state index is 14.0. The zero-order valence-corrected chi connectivity index (χ0v) is 23.5. The van der Waals surface area contributed by atoms with E-state index < -0.39 is 40.9 Å². The van der Waals surface area contributed by atoms with Crippen LogP contribution in [0.5, 0.6) is 5.75 Å². The van der Waals surface area contributed by atoms with E-state index >= 15 is 0 Å². The molecule has 0 aliphatic heterocycles. The number of aliphatic hydroxyl groups excluding tert-OH is 2. The molecule has 11 heteroatoms. The Hall–Kier alpha value is -3.15. The van der Waals surface area contributed by atoms with Crippen molar-refractivity contribution in [1.29, 1.82) is 0 Å². The summed E-state index contributed by atoms with van der Waals surface area (Å²) in [6.45, 7) is 4.65. The van der Waals surface area contributed by atoms with Gasteiger partial charge in [0, 0.05) is 0 Å². The van der Waals surface area contributed by atoms with E-state index in [1.54, 1.807) is 25.1 Å². The van der Waals surface area contributed by atoms with Gasteiger partial charge < -0.3 is 0 Å². The third kappa shape index (κ3) is 4.27. The standard InChI is InChI=1S/C28H39BN4O6/c1-7-12(2)31-11-14-10-17(34)19-15(21(14)32(3)4)8-13-9-16-22(33(5)6)24(36)20(27(30)38)25(29)28(16,39)26(37)18(13)23(19)35/h10,12-13,16,22,29,31,34,36-37,39H,7-9,11H2,1-6H3,(H2,30,38)/t12?,13-,16-,22-,28+/m0/s1. The van der Waals surface area contributed by atoms with E-state index in [0.717, 1.165) is 17.7 Å². The molecule has 0 saturated carbocycles. The second kappa shape index (κ2) is 10.1. The van der Waals surface area contributed by atoms with Crippen molar-refractivity contribution in [3.05, 3.63) is 45.4 Å². The number of ketones is 1. The Bertz CT molecular complexity index is 1320. The summed E-state index contributed by atoms with van der Waals surface area (Å²) in [6.07, 6.45) is 1.47. The summed E-state index contributed by atoms with van der Waals surface area (Å²) in [6, 6.07) is 0.972. The fraction of sp³-hybridized carbons (Fsp3) is 0.536. The normalized spacial score (nSPS) is 27.3. The number of amides is 1. The van der Waals surface area contributed by atoms with Crippen LogP contribution in [0.4, 0.5) is 5.69 Å². The van der Waals surface area contributed by atoms with Crippen molar-refractivity contribution in [3.63, 3.8) is 0 Å². The number of benzene rings is 1. The molecule has 0 fully saturated rings. The molecule has 39 heavy (non-hydrogen) atoms. The molecule has 0 spiro atoms. The van der Waals surface area contributed by atoms with Crippen LogP contribution in [0, 0.1) is 11.8 Å². The zero-order chi connectivity index (χ0) is 29.1. The van der Waals surface area contributed by atoms with Gasteiger partial charge in [-0.2, -0.15) is 0 Å². The van der Waals surface area contributed by atoms with Crippen molar-refractivity contribution in [2.75, 3.05) is 33.1 Å². The van der Waals surface area contributed by atoms with Crippen molar-refractivity contribution >= 4 is 30.3 Å². The van der Waals surface area contributed by atoms with Gasteiger partial charge in [0.1, 0.15) is 0 Å². The van der Waals surface area contributed by atoms with E-state index in [4.69, 9.17) is 5.73 Å². The molecule has 0 radical (unpaired) electrons. The molecular formula is C28H39BN4O6. The van der Waals surface area contributed by atoms with Crippen LogP contribution in [0.3, 0.4) is 0 Å². The molecule has 0 bridgehead atoms. The number of allylic oxidation sites excluding steroid dienone is 1. The minimum absolute atomic E-state index is 0.0180. The molecule has 3 aliphatic rings. The van der Waals surface area contributed by atoms with Crippen LogP contribution in [0.2, 0.25) is 0 Å². The first kappa shape index (κ1) is 28.9.